The van der Waals surface area contributed by atoms with E-state index in [-0.39, 0.29) is 11.9 Å². The second kappa shape index (κ2) is 10.5. The number of rotatable bonds is 10. The van der Waals surface area contributed by atoms with Crippen LogP contribution in [0.15, 0.2) is 28.6 Å². The number of piperidine rings is 1. The van der Waals surface area contributed by atoms with Crippen molar-refractivity contribution in [1.82, 2.24) is 20.4 Å². The number of amides is 1. The van der Waals surface area contributed by atoms with Crippen LogP contribution in [0.5, 0.6) is 5.75 Å². The van der Waals surface area contributed by atoms with E-state index in [2.05, 4.69) is 37.9 Å². The zero-order valence-corrected chi connectivity index (χ0v) is 18.9. The van der Waals surface area contributed by atoms with Crippen LogP contribution in [0.4, 0.5) is 5.13 Å². The number of nitrogens with zero attached hydrogens (tertiary/aromatic N) is 3. The van der Waals surface area contributed by atoms with Crippen LogP contribution in [0, 0.1) is 0 Å². The molecule has 1 amide bonds. The van der Waals surface area contributed by atoms with Crippen molar-refractivity contribution in [3.05, 3.63) is 29.8 Å². The third-order valence-corrected chi connectivity index (χ3v) is 7.45. The Morgan fingerprint density at radius 1 is 1.23 bits per heavy atom. The Labute approximate surface area is 186 Å². The van der Waals surface area contributed by atoms with Crippen LogP contribution in [-0.2, 0) is 4.79 Å². The molecule has 4 rings (SSSR count). The summed E-state index contributed by atoms with van der Waals surface area (Å²) in [7, 11) is 1.68. The molecule has 1 saturated carbocycles. The second-order valence-corrected chi connectivity index (χ2v) is 9.97. The van der Waals surface area contributed by atoms with Crippen molar-refractivity contribution in [3.8, 4) is 5.75 Å². The molecule has 9 heteroatoms. The van der Waals surface area contributed by atoms with Gasteiger partial charge in [-0.15, -0.1) is 10.2 Å². The number of thioether (sulfide) groups is 1. The zero-order valence-electron chi connectivity index (χ0n) is 17.3. The summed E-state index contributed by atoms with van der Waals surface area (Å²) in [5, 5.41) is 15.7. The summed E-state index contributed by atoms with van der Waals surface area (Å²) in [6.45, 7) is 2.75. The summed E-state index contributed by atoms with van der Waals surface area (Å²) in [4.78, 5) is 15.0. The smallest absolute Gasteiger partial charge is 0.230 e. The summed E-state index contributed by atoms with van der Waals surface area (Å²) < 4.78 is 6.12. The number of aromatic nitrogens is 2. The van der Waals surface area contributed by atoms with E-state index in [0.717, 1.165) is 28.3 Å². The Hall–Kier alpha value is -1.84. The maximum absolute atomic E-state index is 12.5. The van der Waals surface area contributed by atoms with Crippen LogP contribution in [-0.4, -0.2) is 59.5 Å². The molecule has 2 heterocycles. The molecule has 2 N–H and O–H groups in total. The Morgan fingerprint density at radius 3 is 2.70 bits per heavy atom. The van der Waals surface area contributed by atoms with Crippen molar-refractivity contribution in [1.29, 1.82) is 0 Å². The number of nitrogens with one attached hydrogen (secondary N) is 2. The van der Waals surface area contributed by atoms with Crippen molar-refractivity contribution < 1.29 is 9.53 Å². The van der Waals surface area contributed by atoms with E-state index in [1.165, 1.54) is 60.8 Å². The van der Waals surface area contributed by atoms with Gasteiger partial charge in [0.05, 0.1) is 18.9 Å². The highest BCUT2D eigenvalue weighted by molar-refractivity contribution is 8.01. The van der Waals surface area contributed by atoms with Crippen molar-refractivity contribution in [2.75, 3.05) is 37.8 Å². The van der Waals surface area contributed by atoms with E-state index in [9.17, 15) is 4.79 Å². The SMILES string of the molecule is COc1ccc(C(CNC(=O)CSc2nnc(NC3CC3)s2)N2CCCCC2)cc1. The Kier molecular flexibility index (Phi) is 7.46. The fourth-order valence-corrected chi connectivity index (χ4v) is 5.29. The number of hydrogen-bond acceptors (Lipinski definition) is 8. The monoisotopic (exact) mass is 447 g/mol. The van der Waals surface area contributed by atoms with Gasteiger partial charge in [0.15, 0.2) is 4.34 Å². The highest BCUT2D eigenvalue weighted by atomic mass is 32.2. The van der Waals surface area contributed by atoms with Crippen molar-refractivity contribution >= 4 is 34.1 Å². The van der Waals surface area contributed by atoms with Crippen LogP contribution in [0.25, 0.3) is 0 Å². The van der Waals surface area contributed by atoms with Crippen molar-refractivity contribution in [2.45, 2.75) is 48.5 Å². The zero-order chi connectivity index (χ0) is 20.8. The van der Waals surface area contributed by atoms with E-state index in [1.807, 2.05) is 12.1 Å². The van der Waals surface area contributed by atoms with Gasteiger partial charge in [-0.25, -0.2) is 0 Å². The van der Waals surface area contributed by atoms with Gasteiger partial charge in [-0.05, 0) is 56.5 Å². The molecule has 1 aliphatic heterocycles. The van der Waals surface area contributed by atoms with E-state index in [0.29, 0.717) is 18.3 Å². The van der Waals surface area contributed by atoms with E-state index >= 15 is 0 Å². The normalized spacial score (nSPS) is 18.0. The minimum absolute atomic E-state index is 0.0300. The standard InChI is InChI=1S/C21H29N5O2S2/c1-28-17-9-5-15(6-10-17)18(26-11-3-2-4-12-26)13-22-19(27)14-29-21-25-24-20(30-21)23-16-7-8-16/h5-6,9-10,16,18H,2-4,7-8,11-14H2,1H3,(H,22,27)(H,23,24). The quantitative estimate of drug-likeness (QED) is 0.539. The minimum atomic E-state index is 0.0300. The number of carbonyl (C=O) groups excluding carboxylic acids is 1. The maximum Gasteiger partial charge on any atom is 0.230 e. The first-order chi connectivity index (χ1) is 14.7. The Bertz CT molecular complexity index is 819. The molecule has 0 bridgehead atoms. The Balaban J connectivity index is 1.30. The first kappa shape index (κ1) is 21.4. The van der Waals surface area contributed by atoms with Gasteiger partial charge in [0.1, 0.15) is 5.75 Å². The van der Waals surface area contributed by atoms with Gasteiger partial charge in [-0.3, -0.25) is 9.69 Å². The van der Waals surface area contributed by atoms with Gasteiger partial charge >= 0.3 is 0 Å². The highest BCUT2D eigenvalue weighted by Crippen LogP contribution is 2.30. The summed E-state index contributed by atoms with van der Waals surface area (Å²) in [5.41, 5.74) is 1.21. The van der Waals surface area contributed by atoms with Crippen molar-refractivity contribution in [2.24, 2.45) is 0 Å². The number of carbonyl (C=O) groups is 1. The number of hydrogen-bond donors (Lipinski definition) is 2. The molecule has 1 unspecified atom stereocenters. The van der Waals surface area contributed by atoms with E-state index in [1.54, 1.807) is 7.11 Å². The van der Waals surface area contributed by atoms with Crippen LogP contribution in [0.2, 0.25) is 0 Å². The van der Waals surface area contributed by atoms with Gasteiger partial charge in [-0.2, -0.15) is 0 Å². The molecule has 1 atom stereocenters. The third kappa shape index (κ3) is 6.09. The molecule has 1 aromatic carbocycles. The lowest BCUT2D eigenvalue weighted by molar-refractivity contribution is -0.118. The number of benzene rings is 1. The van der Waals surface area contributed by atoms with E-state index in [4.69, 9.17) is 4.74 Å². The minimum Gasteiger partial charge on any atom is -0.497 e. The van der Waals surface area contributed by atoms with Crippen LogP contribution in [0.1, 0.15) is 43.7 Å². The van der Waals surface area contributed by atoms with Crippen LogP contribution < -0.4 is 15.4 Å². The number of likely N-dealkylation sites (tertiary alicyclic amines) is 1. The molecule has 162 valence electrons. The molecule has 2 aromatic rings. The molecule has 0 spiro atoms. The average Bonchev–Trinajstić information content (AvgIpc) is 3.49. The van der Waals surface area contributed by atoms with E-state index < -0.39 is 0 Å². The first-order valence-electron chi connectivity index (χ1n) is 10.6. The fourth-order valence-electron chi connectivity index (χ4n) is 3.63. The lowest BCUT2D eigenvalue weighted by Gasteiger charge is -2.35. The average molecular weight is 448 g/mol. The summed E-state index contributed by atoms with van der Waals surface area (Å²) in [5.74, 6) is 1.24. The molecule has 2 aliphatic rings. The highest BCUT2D eigenvalue weighted by Gasteiger charge is 2.24. The van der Waals surface area contributed by atoms with Crippen LogP contribution >= 0.6 is 23.1 Å². The molecule has 2 fully saturated rings. The molecular formula is C21H29N5O2S2. The number of ether oxygens (including phenoxy) is 1. The maximum atomic E-state index is 12.5. The predicted molar refractivity (Wildman–Crippen MR) is 121 cm³/mol. The largest absolute Gasteiger partial charge is 0.497 e. The van der Waals surface area contributed by atoms with Gasteiger partial charge in [0, 0.05) is 12.6 Å². The molecule has 1 saturated heterocycles. The van der Waals surface area contributed by atoms with Gasteiger partial charge in [-0.1, -0.05) is 41.7 Å². The lowest BCUT2D eigenvalue weighted by Crippen LogP contribution is -2.41. The lowest BCUT2D eigenvalue weighted by atomic mass is 10.0. The molecule has 7 nitrogen and oxygen atoms in total. The summed E-state index contributed by atoms with van der Waals surface area (Å²) in [6.07, 6.45) is 6.12. The number of methoxy groups -OCH3 is 1. The second-order valence-electron chi connectivity index (χ2n) is 7.77. The van der Waals surface area contributed by atoms with Gasteiger partial charge in [0.2, 0.25) is 11.0 Å². The third-order valence-electron chi connectivity index (χ3n) is 5.46. The summed E-state index contributed by atoms with van der Waals surface area (Å²) >= 11 is 2.97. The first-order valence-corrected chi connectivity index (χ1v) is 12.4. The number of anilines is 1. The van der Waals surface area contributed by atoms with Crippen molar-refractivity contribution in [3.63, 3.8) is 0 Å². The fraction of sp³-hybridized carbons (Fsp3) is 0.571. The molecular weight excluding hydrogens is 418 g/mol. The van der Waals surface area contributed by atoms with Crippen LogP contribution in [0.3, 0.4) is 0 Å². The van der Waals surface area contributed by atoms with Gasteiger partial charge in [0.25, 0.3) is 0 Å². The molecule has 30 heavy (non-hydrogen) atoms. The Morgan fingerprint density at radius 2 is 2.00 bits per heavy atom. The molecule has 1 aliphatic carbocycles. The topological polar surface area (TPSA) is 79.4 Å². The van der Waals surface area contributed by atoms with Gasteiger partial charge < -0.3 is 15.4 Å². The molecule has 1 aromatic heterocycles. The molecule has 0 radical (unpaired) electrons. The predicted octanol–water partition coefficient (Wildman–Crippen LogP) is 3.56. The summed E-state index contributed by atoms with van der Waals surface area (Å²) in [6, 6.07) is 8.94.